The molecule has 0 radical (unpaired) electrons. The van der Waals surface area contributed by atoms with Crippen molar-refractivity contribution in [3.63, 3.8) is 0 Å². The Balaban J connectivity index is 1.89. The van der Waals surface area contributed by atoms with E-state index in [-0.39, 0.29) is 31.5 Å². The minimum absolute atomic E-state index is 0.153. The Morgan fingerprint density at radius 2 is 1.81 bits per heavy atom. The summed E-state index contributed by atoms with van der Waals surface area (Å²) in [6.07, 6.45) is 6.10. The van der Waals surface area contributed by atoms with E-state index >= 15 is 0 Å². The zero-order chi connectivity index (χ0) is 22.4. The fourth-order valence-corrected chi connectivity index (χ4v) is 6.43. The Hall–Kier alpha value is -1.65. The summed E-state index contributed by atoms with van der Waals surface area (Å²) in [5, 5.41) is 10.3. The predicted octanol–water partition coefficient (Wildman–Crippen LogP) is 2.05. The molecule has 1 saturated carbocycles. The molecule has 2 saturated heterocycles. The van der Waals surface area contributed by atoms with Crippen molar-refractivity contribution < 1.29 is 33.6 Å². The van der Waals surface area contributed by atoms with Gasteiger partial charge in [0.25, 0.3) is 5.91 Å². The number of ether oxygens (including phenoxy) is 1. The van der Waals surface area contributed by atoms with Gasteiger partial charge in [-0.3, -0.25) is 14.8 Å². The number of hydrogen-bond acceptors (Lipinski definition) is 7. The molecule has 1 unspecified atom stereocenters. The van der Waals surface area contributed by atoms with Crippen molar-refractivity contribution in [1.29, 1.82) is 0 Å². The Morgan fingerprint density at radius 1 is 1.13 bits per heavy atom. The van der Waals surface area contributed by atoms with E-state index in [1.165, 1.54) is 0 Å². The van der Waals surface area contributed by atoms with E-state index in [0.29, 0.717) is 37.2 Å². The van der Waals surface area contributed by atoms with Gasteiger partial charge in [-0.1, -0.05) is 25.7 Å². The van der Waals surface area contributed by atoms with Crippen molar-refractivity contribution in [2.75, 3.05) is 24.6 Å². The Morgan fingerprint density at radius 3 is 2.42 bits per heavy atom. The first kappa shape index (κ1) is 24.0. The second-order valence-electron chi connectivity index (χ2n) is 9.00. The van der Waals surface area contributed by atoms with E-state index < -0.39 is 34.4 Å². The summed E-state index contributed by atoms with van der Waals surface area (Å²) >= 11 is 1.80. The molecule has 4 amide bonds. The van der Waals surface area contributed by atoms with Gasteiger partial charge < -0.3 is 10.5 Å². The van der Waals surface area contributed by atoms with E-state index in [9.17, 15) is 24.4 Å². The first-order valence-corrected chi connectivity index (χ1v) is 12.4. The van der Waals surface area contributed by atoms with Gasteiger partial charge in [-0.15, -0.1) is 4.48 Å². The Bertz CT molecular complexity index is 680. The average Bonchev–Trinajstić information content (AvgIpc) is 3.44. The molecule has 0 aromatic carbocycles. The van der Waals surface area contributed by atoms with Gasteiger partial charge in [0.2, 0.25) is 6.41 Å². The largest absolute Gasteiger partial charge is 0.524 e. The Labute approximate surface area is 187 Å². The summed E-state index contributed by atoms with van der Waals surface area (Å²) in [6.45, 7) is -0.0574. The van der Waals surface area contributed by atoms with Crippen molar-refractivity contribution in [3.05, 3.63) is 0 Å². The summed E-state index contributed by atoms with van der Waals surface area (Å²) in [4.78, 5) is 50.7. The SMILES string of the molecule is NC(=O)[C@@H]1CCC[N+]1(C(=O)OC1CCSCC1)C(=O)[C@H](CC1CCCC1)CN(O)C=O. The number of nitrogens with two attached hydrogens (primary N) is 1. The van der Waals surface area contributed by atoms with Crippen LogP contribution in [0.4, 0.5) is 4.79 Å². The standard InChI is InChI=1S/C21H33N3O6S/c22-19(26)18-6-3-9-24(18,21(28)30-17-7-10-31-11-8-17)20(27)16(13-23(29)14-25)12-15-4-1-2-5-15/h14-18,29H,1-13H2,(H-,22,26)/p+1/t16-,18+,24?/m1/s1. The number of nitrogens with zero attached hydrogens (tertiary/aromatic N) is 2. The van der Waals surface area contributed by atoms with Crippen molar-refractivity contribution in [2.24, 2.45) is 17.6 Å². The molecule has 3 fully saturated rings. The van der Waals surface area contributed by atoms with Gasteiger partial charge in [0.05, 0.1) is 19.0 Å². The molecule has 31 heavy (non-hydrogen) atoms. The molecule has 0 aromatic heterocycles. The normalized spacial score (nSPS) is 28.2. The van der Waals surface area contributed by atoms with E-state index in [1.54, 1.807) is 11.8 Å². The van der Waals surface area contributed by atoms with Crippen LogP contribution in [0.3, 0.4) is 0 Å². The fourth-order valence-electron chi connectivity index (χ4n) is 5.37. The summed E-state index contributed by atoms with van der Waals surface area (Å²) in [6, 6.07) is -0.979. The summed E-state index contributed by atoms with van der Waals surface area (Å²) in [5.41, 5.74) is 5.64. The molecule has 3 rings (SSSR count). The Kier molecular flexibility index (Phi) is 8.35. The number of imide groups is 1. The maximum atomic E-state index is 13.9. The van der Waals surface area contributed by atoms with Crippen molar-refractivity contribution in [3.8, 4) is 0 Å². The summed E-state index contributed by atoms with van der Waals surface area (Å²) in [7, 11) is 0. The van der Waals surface area contributed by atoms with Crippen LogP contribution < -0.4 is 5.73 Å². The lowest BCUT2D eigenvalue weighted by Gasteiger charge is -2.36. The molecule has 174 valence electrons. The number of carbonyl (C=O) groups excluding carboxylic acids is 4. The van der Waals surface area contributed by atoms with Gasteiger partial charge >= 0.3 is 12.0 Å². The first-order valence-electron chi connectivity index (χ1n) is 11.3. The number of primary amides is 1. The van der Waals surface area contributed by atoms with Gasteiger partial charge in [-0.25, -0.2) is 9.86 Å². The minimum atomic E-state index is -0.979. The van der Waals surface area contributed by atoms with E-state index in [2.05, 4.69) is 0 Å². The maximum Gasteiger partial charge on any atom is 0.524 e. The summed E-state index contributed by atoms with van der Waals surface area (Å²) in [5.74, 6) is 0.118. The second kappa shape index (κ2) is 10.8. The monoisotopic (exact) mass is 456 g/mol. The molecular weight excluding hydrogens is 422 g/mol. The van der Waals surface area contributed by atoms with Crippen LogP contribution >= 0.6 is 11.8 Å². The van der Waals surface area contributed by atoms with E-state index in [0.717, 1.165) is 37.2 Å². The predicted molar refractivity (Wildman–Crippen MR) is 114 cm³/mol. The summed E-state index contributed by atoms with van der Waals surface area (Å²) < 4.78 is 5.03. The van der Waals surface area contributed by atoms with E-state index in [1.807, 2.05) is 0 Å². The number of amides is 4. The highest BCUT2D eigenvalue weighted by molar-refractivity contribution is 7.99. The fraction of sp³-hybridized carbons (Fsp3) is 0.810. The van der Waals surface area contributed by atoms with Crippen LogP contribution in [0.2, 0.25) is 0 Å². The van der Waals surface area contributed by atoms with Crippen molar-refractivity contribution in [2.45, 2.75) is 69.9 Å². The van der Waals surface area contributed by atoms with Crippen LogP contribution in [0.5, 0.6) is 0 Å². The average molecular weight is 457 g/mol. The minimum Gasteiger partial charge on any atom is -0.416 e. The zero-order valence-electron chi connectivity index (χ0n) is 17.9. The zero-order valence-corrected chi connectivity index (χ0v) is 18.8. The van der Waals surface area contributed by atoms with Crippen LogP contribution in [0.25, 0.3) is 0 Å². The van der Waals surface area contributed by atoms with Gasteiger partial charge in [0.1, 0.15) is 6.10 Å². The molecule has 2 heterocycles. The van der Waals surface area contributed by atoms with Crippen LogP contribution in [-0.2, 0) is 19.1 Å². The van der Waals surface area contributed by atoms with Gasteiger partial charge in [-0.2, -0.15) is 16.6 Å². The lowest BCUT2D eigenvalue weighted by molar-refractivity contribution is -0.787. The second-order valence-corrected chi connectivity index (χ2v) is 10.2. The number of carbonyl (C=O) groups is 4. The highest BCUT2D eigenvalue weighted by Gasteiger charge is 2.60. The number of quaternary nitrogens is 1. The third-order valence-corrected chi connectivity index (χ3v) is 8.02. The molecule has 9 nitrogen and oxygen atoms in total. The molecule has 3 N–H and O–H groups in total. The van der Waals surface area contributed by atoms with Gasteiger partial charge in [0.15, 0.2) is 6.04 Å². The molecule has 0 aromatic rings. The van der Waals surface area contributed by atoms with Crippen LogP contribution in [0, 0.1) is 11.8 Å². The number of rotatable bonds is 8. The van der Waals surface area contributed by atoms with Gasteiger partial charge in [0, 0.05) is 12.8 Å². The quantitative estimate of drug-likeness (QED) is 0.248. The topological polar surface area (TPSA) is 127 Å². The third kappa shape index (κ3) is 5.40. The number of thioether (sulfide) groups is 1. The van der Waals surface area contributed by atoms with Crippen molar-refractivity contribution in [1.82, 2.24) is 5.06 Å². The molecule has 0 spiro atoms. The van der Waals surface area contributed by atoms with Crippen LogP contribution in [0.15, 0.2) is 0 Å². The molecule has 3 aliphatic rings. The van der Waals surface area contributed by atoms with Crippen molar-refractivity contribution >= 4 is 36.1 Å². The molecule has 2 aliphatic heterocycles. The number of likely N-dealkylation sites (tertiary alicyclic amines) is 1. The lowest BCUT2D eigenvalue weighted by atomic mass is 9.91. The molecule has 1 aliphatic carbocycles. The van der Waals surface area contributed by atoms with E-state index in [4.69, 9.17) is 10.5 Å². The van der Waals surface area contributed by atoms with Crippen LogP contribution in [0.1, 0.15) is 57.8 Å². The smallest absolute Gasteiger partial charge is 0.416 e. The van der Waals surface area contributed by atoms with Gasteiger partial charge in [-0.05, 0) is 36.7 Å². The molecule has 0 bridgehead atoms. The number of hydroxylamine groups is 2. The maximum absolute atomic E-state index is 13.9. The first-order chi connectivity index (χ1) is 14.9. The molecular formula is C21H34N3O6S+. The molecule has 3 atom stereocenters. The van der Waals surface area contributed by atoms with Crippen LogP contribution in [-0.4, -0.2) is 75.8 Å². The third-order valence-electron chi connectivity index (χ3n) is 6.97. The number of hydrogen-bond donors (Lipinski definition) is 2. The highest BCUT2D eigenvalue weighted by atomic mass is 32.2. The lowest BCUT2D eigenvalue weighted by Crippen LogP contribution is -2.66. The molecule has 10 heteroatoms. The highest BCUT2D eigenvalue weighted by Crippen LogP contribution is 2.37.